The van der Waals surface area contributed by atoms with E-state index in [1.54, 1.807) is 19.2 Å². The van der Waals surface area contributed by atoms with Crippen molar-refractivity contribution in [2.24, 2.45) is 0 Å². The smallest absolute Gasteiger partial charge is 0.309 e. The maximum Gasteiger partial charge on any atom is 0.309 e. The highest BCUT2D eigenvalue weighted by molar-refractivity contribution is 6.35. The molecule has 0 unspecified atom stereocenters. The number of hydrogen-bond acceptors (Lipinski definition) is 4. The third-order valence-electron chi connectivity index (χ3n) is 3.51. The van der Waals surface area contributed by atoms with Gasteiger partial charge in [-0.2, -0.15) is 0 Å². The summed E-state index contributed by atoms with van der Waals surface area (Å²) in [6.07, 6.45) is 0. The van der Waals surface area contributed by atoms with Gasteiger partial charge >= 0.3 is 11.8 Å². The van der Waals surface area contributed by atoms with E-state index in [0.29, 0.717) is 6.61 Å². The normalized spacial score (nSPS) is 10.0. The van der Waals surface area contributed by atoms with E-state index < -0.39 is 11.8 Å². The number of amides is 2. The number of nitrogens with one attached hydrogen (secondary N) is 2. The molecule has 0 spiro atoms. The molecule has 0 aromatic heterocycles. The van der Waals surface area contributed by atoms with Gasteiger partial charge in [-0.15, -0.1) is 0 Å². The summed E-state index contributed by atoms with van der Waals surface area (Å²) in [6, 6.07) is 14.6. The van der Waals surface area contributed by atoms with Crippen molar-refractivity contribution in [2.75, 3.05) is 13.7 Å². The van der Waals surface area contributed by atoms with Gasteiger partial charge in [0.15, 0.2) is 0 Å². The average Bonchev–Trinajstić information content (AvgIpc) is 2.66. The number of hydrogen-bond donors (Lipinski definition) is 2. The van der Waals surface area contributed by atoms with Crippen molar-refractivity contribution in [3.05, 3.63) is 59.7 Å². The lowest BCUT2D eigenvalue weighted by molar-refractivity contribution is -0.139. The molecule has 6 heteroatoms. The van der Waals surface area contributed by atoms with E-state index in [-0.39, 0.29) is 13.1 Å². The molecule has 2 rings (SSSR count). The molecule has 0 bridgehead atoms. The first-order chi connectivity index (χ1) is 12.1. The highest BCUT2D eigenvalue weighted by Crippen LogP contribution is 2.12. The largest absolute Gasteiger partial charge is 0.497 e. The number of carbonyl (C=O) groups is 2. The van der Waals surface area contributed by atoms with Gasteiger partial charge in [0.05, 0.1) is 13.7 Å². The molecular weight excluding hydrogens is 320 g/mol. The quantitative estimate of drug-likeness (QED) is 0.755. The zero-order valence-electron chi connectivity index (χ0n) is 14.4. The van der Waals surface area contributed by atoms with Crippen molar-refractivity contribution in [1.82, 2.24) is 10.6 Å². The Balaban J connectivity index is 1.76. The minimum atomic E-state index is -0.665. The van der Waals surface area contributed by atoms with E-state index in [1.807, 2.05) is 43.3 Å². The second kappa shape index (κ2) is 9.32. The van der Waals surface area contributed by atoms with Crippen molar-refractivity contribution in [3.63, 3.8) is 0 Å². The minimum absolute atomic E-state index is 0.277. The van der Waals surface area contributed by atoms with Crippen molar-refractivity contribution < 1.29 is 19.1 Å². The first-order valence-electron chi connectivity index (χ1n) is 8.03. The van der Waals surface area contributed by atoms with Crippen LogP contribution in [-0.2, 0) is 22.7 Å². The number of rotatable bonds is 7. The lowest BCUT2D eigenvalue weighted by Crippen LogP contribution is -2.39. The number of carbonyl (C=O) groups excluding carboxylic acids is 2. The molecule has 2 aromatic carbocycles. The van der Waals surface area contributed by atoms with Crippen molar-refractivity contribution in [1.29, 1.82) is 0 Å². The van der Waals surface area contributed by atoms with Crippen LogP contribution >= 0.6 is 0 Å². The van der Waals surface area contributed by atoms with Crippen molar-refractivity contribution in [3.8, 4) is 11.5 Å². The molecule has 0 atom stereocenters. The number of ether oxygens (including phenoxy) is 2. The van der Waals surface area contributed by atoms with Crippen LogP contribution in [0.3, 0.4) is 0 Å². The standard InChI is InChI=1S/C19H22N2O4/c1-3-25-17-10-6-15(7-11-17)13-21-19(23)18(22)20-12-14-4-8-16(24-2)9-5-14/h4-11H,3,12-13H2,1-2H3,(H,20,22)(H,21,23). The average molecular weight is 342 g/mol. The lowest BCUT2D eigenvalue weighted by Gasteiger charge is -2.08. The molecule has 0 heterocycles. The fourth-order valence-electron chi connectivity index (χ4n) is 2.14. The predicted molar refractivity (Wildman–Crippen MR) is 94.3 cm³/mol. The van der Waals surface area contributed by atoms with Crippen LogP contribution in [0.2, 0.25) is 0 Å². The second-order valence-electron chi connectivity index (χ2n) is 5.29. The van der Waals surface area contributed by atoms with Gasteiger partial charge in [-0.1, -0.05) is 24.3 Å². The van der Waals surface area contributed by atoms with E-state index in [9.17, 15) is 9.59 Å². The van der Waals surface area contributed by atoms with Crippen LogP contribution < -0.4 is 20.1 Å². The highest BCUT2D eigenvalue weighted by Gasteiger charge is 2.12. The van der Waals surface area contributed by atoms with Gasteiger partial charge in [0, 0.05) is 13.1 Å². The molecule has 0 aliphatic heterocycles. The molecule has 0 fully saturated rings. The minimum Gasteiger partial charge on any atom is -0.497 e. The maximum atomic E-state index is 11.8. The van der Waals surface area contributed by atoms with Crippen LogP contribution in [0.4, 0.5) is 0 Å². The van der Waals surface area contributed by atoms with Gasteiger partial charge in [-0.3, -0.25) is 9.59 Å². The van der Waals surface area contributed by atoms with Crippen molar-refractivity contribution in [2.45, 2.75) is 20.0 Å². The van der Waals surface area contributed by atoms with Crippen LogP contribution in [0.5, 0.6) is 11.5 Å². The third-order valence-corrected chi connectivity index (χ3v) is 3.51. The number of benzene rings is 2. The maximum absolute atomic E-state index is 11.8. The molecule has 2 N–H and O–H groups in total. The Morgan fingerprint density at radius 2 is 1.24 bits per heavy atom. The summed E-state index contributed by atoms with van der Waals surface area (Å²) in [5, 5.41) is 5.18. The molecule has 0 aliphatic rings. The van der Waals surface area contributed by atoms with E-state index >= 15 is 0 Å². The van der Waals surface area contributed by atoms with Crippen molar-refractivity contribution >= 4 is 11.8 Å². The van der Waals surface area contributed by atoms with Gasteiger partial charge in [0.1, 0.15) is 11.5 Å². The van der Waals surface area contributed by atoms with E-state index in [2.05, 4.69) is 10.6 Å². The van der Waals surface area contributed by atoms with Gasteiger partial charge < -0.3 is 20.1 Å². The molecule has 0 aliphatic carbocycles. The summed E-state index contributed by atoms with van der Waals surface area (Å²) in [5.74, 6) is 0.183. The Hall–Kier alpha value is -3.02. The van der Waals surface area contributed by atoms with Crippen LogP contribution in [0.25, 0.3) is 0 Å². The van der Waals surface area contributed by atoms with Gasteiger partial charge in [-0.25, -0.2) is 0 Å². The Labute approximate surface area is 147 Å². The summed E-state index contributed by atoms with van der Waals surface area (Å²) in [7, 11) is 1.59. The lowest BCUT2D eigenvalue weighted by atomic mass is 10.2. The Bertz CT molecular complexity index is 696. The molecule has 6 nitrogen and oxygen atoms in total. The summed E-state index contributed by atoms with van der Waals surface area (Å²) >= 11 is 0. The van der Waals surface area contributed by atoms with E-state index in [4.69, 9.17) is 9.47 Å². The molecule has 0 radical (unpaired) electrons. The molecular formula is C19H22N2O4. The van der Waals surface area contributed by atoms with Crippen LogP contribution in [0.1, 0.15) is 18.1 Å². The first kappa shape index (κ1) is 18.3. The summed E-state index contributed by atoms with van der Waals surface area (Å²) < 4.78 is 10.4. The number of methoxy groups -OCH3 is 1. The molecule has 25 heavy (non-hydrogen) atoms. The van der Waals surface area contributed by atoms with E-state index in [1.165, 1.54) is 0 Å². The van der Waals surface area contributed by atoms with Crippen LogP contribution in [0.15, 0.2) is 48.5 Å². The van der Waals surface area contributed by atoms with Gasteiger partial charge in [0.25, 0.3) is 0 Å². The monoisotopic (exact) mass is 342 g/mol. The first-order valence-corrected chi connectivity index (χ1v) is 8.03. The van der Waals surface area contributed by atoms with E-state index in [0.717, 1.165) is 22.6 Å². The molecule has 2 aromatic rings. The van der Waals surface area contributed by atoms with Crippen LogP contribution in [-0.4, -0.2) is 25.5 Å². The predicted octanol–water partition coefficient (Wildman–Crippen LogP) is 2.03. The van der Waals surface area contributed by atoms with Gasteiger partial charge in [-0.05, 0) is 42.3 Å². The topological polar surface area (TPSA) is 76.7 Å². The zero-order valence-corrected chi connectivity index (χ0v) is 14.4. The van der Waals surface area contributed by atoms with Gasteiger partial charge in [0.2, 0.25) is 0 Å². The highest BCUT2D eigenvalue weighted by atomic mass is 16.5. The Morgan fingerprint density at radius 3 is 1.64 bits per heavy atom. The molecule has 132 valence electrons. The second-order valence-corrected chi connectivity index (χ2v) is 5.29. The Morgan fingerprint density at radius 1 is 0.800 bits per heavy atom. The summed E-state index contributed by atoms with van der Waals surface area (Å²) in [5.41, 5.74) is 1.77. The molecule has 2 amide bonds. The summed E-state index contributed by atoms with van der Waals surface area (Å²) in [4.78, 5) is 23.7. The summed E-state index contributed by atoms with van der Waals surface area (Å²) in [6.45, 7) is 3.07. The SMILES string of the molecule is CCOc1ccc(CNC(=O)C(=O)NCc2ccc(OC)cc2)cc1. The fourth-order valence-corrected chi connectivity index (χ4v) is 2.14. The van der Waals surface area contributed by atoms with Crippen LogP contribution in [0, 0.1) is 0 Å². The molecule has 0 saturated heterocycles. The zero-order chi connectivity index (χ0) is 18.1. The third kappa shape index (κ3) is 5.84. The fraction of sp³-hybridized carbons (Fsp3) is 0.263. The molecule has 0 saturated carbocycles. The Kier molecular flexibility index (Phi) is 6.83.